The lowest BCUT2D eigenvalue weighted by atomic mass is 10.1. The number of carbonyl (C=O) groups is 1. The van der Waals surface area contributed by atoms with Crippen LogP contribution in [-0.4, -0.2) is 22.5 Å². The minimum atomic E-state index is -0.245. The second-order valence-electron chi connectivity index (χ2n) is 5.18. The van der Waals surface area contributed by atoms with Gasteiger partial charge in [-0.05, 0) is 30.0 Å². The number of carbonyl (C=O) groups excluding carboxylic acids is 1. The lowest BCUT2D eigenvalue weighted by Gasteiger charge is -2.24. The smallest absolute Gasteiger partial charge is 0.410 e. The fraction of sp³-hybridized carbons (Fsp3) is 0.294. The monoisotopic (exact) mass is 282 g/mol. The Kier molecular flexibility index (Phi) is 4.15. The van der Waals surface area contributed by atoms with Gasteiger partial charge in [0.2, 0.25) is 0 Å². The van der Waals surface area contributed by atoms with E-state index in [0.29, 0.717) is 6.61 Å². The number of ether oxygens (including phenoxy) is 1. The quantitative estimate of drug-likeness (QED) is 0.864. The van der Waals surface area contributed by atoms with E-state index in [1.54, 1.807) is 11.1 Å². The Bertz CT molecular complexity index is 586. The SMILES string of the molecule is O=C(OCc1ccccc1)N1CCC[C@@H]1c1cccnc1. The Balaban J connectivity index is 1.64. The van der Waals surface area contributed by atoms with E-state index in [9.17, 15) is 4.79 Å². The van der Waals surface area contributed by atoms with Crippen LogP contribution in [-0.2, 0) is 11.3 Å². The van der Waals surface area contributed by atoms with Crippen LogP contribution in [0.5, 0.6) is 0 Å². The molecular weight excluding hydrogens is 264 g/mol. The van der Waals surface area contributed by atoms with Crippen LogP contribution in [0.25, 0.3) is 0 Å². The summed E-state index contributed by atoms with van der Waals surface area (Å²) in [6, 6.07) is 13.7. The highest BCUT2D eigenvalue weighted by molar-refractivity contribution is 5.68. The summed E-state index contributed by atoms with van der Waals surface area (Å²) < 4.78 is 5.43. The summed E-state index contributed by atoms with van der Waals surface area (Å²) in [4.78, 5) is 18.2. The summed E-state index contributed by atoms with van der Waals surface area (Å²) in [5, 5.41) is 0. The number of likely N-dealkylation sites (tertiary alicyclic amines) is 1. The van der Waals surface area contributed by atoms with Crippen LogP contribution in [0.1, 0.15) is 30.0 Å². The van der Waals surface area contributed by atoms with Crippen LogP contribution >= 0.6 is 0 Å². The molecule has 4 heteroatoms. The van der Waals surface area contributed by atoms with Gasteiger partial charge in [0.15, 0.2) is 0 Å². The topological polar surface area (TPSA) is 42.4 Å². The first-order valence-corrected chi connectivity index (χ1v) is 7.22. The van der Waals surface area contributed by atoms with E-state index in [4.69, 9.17) is 4.74 Å². The lowest BCUT2D eigenvalue weighted by molar-refractivity contribution is 0.0920. The maximum atomic E-state index is 12.3. The summed E-state index contributed by atoms with van der Waals surface area (Å²) in [7, 11) is 0. The highest BCUT2D eigenvalue weighted by atomic mass is 16.6. The van der Waals surface area contributed by atoms with E-state index in [2.05, 4.69) is 4.98 Å². The van der Waals surface area contributed by atoms with E-state index in [0.717, 1.165) is 30.5 Å². The van der Waals surface area contributed by atoms with Crippen molar-refractivity contribution in [2.24, 2.45) is 0 Å². The largest absolute Gasteiger partial charge is 0.445 e. The molecule has 0 aliphatic carbocycles. The Morgan fingerprint density at radius 2 is 2.10 bits per heavy atom. The number of rotatable bonds is 3. The van der Waals surface area contributed by atoms with Crippen molar-refractivity contribution in [2.45, 2.75) is 25.5 Å². The van der Waals surface area contributed by atoms with Crippen molar-refractivity contribution >= 4 is 6.09 Å². The van der Waals surface area contributed by atoms with Gasteiger partial charge in [-0.15, -0.1) is 0 Å². The van der Waals surface area contributed by atoms with Gasteiger partial charge in [0.25, 0.3) is 0 Å². The van der Waals surface area contributed by atoms with E-state index in [-0.39, 0.29) is 12.1 Å². The molecular formula is C17H18N2O2. The molecule has 4 nitrogen and oxygen atoms in total. The molecule has 1 aliphatic heterocycles. The highest BCUT2D eigenvalue weighted by Crippen LogP contribution is 2.31. The summed E-state index contributed by atoms with van der Waals surface area (Å²) >= 11 is 0. The van der Waals surface area contributed by atoms with Crippen LogP contribution in [0.4, 0.5) is 4.79 Å². The third kappa shape index (κ3) is 3.21. The molecule has 1 aliphatic rings. The fourth-order valence-electron chi connectivity index (χ4n) is 2.71. The number of amides is 1. The van der Waals surface area contributed by atoms with Crippen molar-refractivity contribution < 1.29 is 9.53 Å². The van der Waals surface area contributed by atoms with E-state index < -0.39 is 0 Å². The van der Waals surface area contributed by atoms with Gasteiger partial charge in [-0.3, -0.25) is 4.98 Å². The number of nitrogens with zero attached hydrogens (tertiary/aromatic N) is 2. The van der Waals surface area contributed by atoms with Crippen molar-refractivity contribution in [3.63, 3.8) is 0 Å². The molecule has 108 valence electrons. The molecule has 0 radical (unpaired) electrons. The molecule has 2 aromatic rings. The molecule has 1 atom stereocenters. The van der Waals surface area contributed by atoms with Crippen molar-refractivity contribution in [1.29, 1.82) is 0 Å². The van der Waals surface area contributed by atoms with Gasteiger partial charge in [0.1, 0.15) is 6.61 Å². The van der Waals surface area contributed by atoms with Gasteiger partial charge < -0.3 is 9.64 Å². The van der Waals surface area contributed by atoms with Gasteiger partial charge >= 0.3 is 6.09 Å². The van der Waals surface area contributed by atoms with Gasteiger partial charge in [-0.1, -0.05) is 36.4 Å². The predicted octanol–water partition coefficient (Wildman–Crippen LogP) is 3.56. The molecule has 3 rings (SSSR count). The first-order chi connectivity index (χ1) is 10.3. The molecule has 1 aromatic carbocycles. The Labute approximate surface area is 124 Å². The number of pyridine rings is 1. The molecule has 1 aromatic heterocycles. The first-order valence-electron chi connectivity index (χ1n) is 7.22. The molecule has 0 saturated carbocycles. The third-order valence-corrected chi connectivity index (χ3v) is 3.76. The van der Waals surface area contributed by atoms with Crippen molar-refractivity contribution in [3.05, 3.63) is 66.0 Å². The molecule has 0 N–H and O–H groups in total. The average molecular weight is 282 g/mol. The second-order valence-corrected chi connectivity index (χ2v) is 5.18. The summed E-state index contributed by atoms with van der Waals surface area (Å²) in [5.41, 5.74) is 2.08. The number of hydrogen-bond acceptors (Lipinski definition) is 3. The highest BCUT2D eigenvalue weighted by Gasteiger charge is 2.31. The normalized spacial score (nSPS) is 17.7. The predicted molar refractivity (Wildman–Crippen MR) is 79.5 cm³/mol. The number of benzene rings is 1. The van der Waals surface area contributed by atoms with E-state index >= 15 is 0 Å². The Morgan fingerprint density at radius 3 is 2.86 bits per heavy atom. The second kappa shape index (κ2) is 6.39. The third-order valence-electron chi connectivity index (χ3n) is 3.76. The minimum Gasteiger partial charge on any atom is -0.445 e. The lowest BCUT2D eigenvalue weighted by Crippen LogP contribution is -2.31. The molecule has 1 amide bonds. The summed E-state index contributed by atoms with van der Waals surface area (Å²) in [6.45, 7) is 1.06. The molecule has 21 heavy (non-hydrogen) atoms. The molecule has 1 fully saturated rings. The fourth-order valence-corrected chi connectivity index (χ4v) is 2.71. The van der Waals surface area contributed by atoms with E-state index in [1.807, 2.05) is 48.7 Å². The van der Waals surface area contributed by atoms with Crippen molar-refractivity contribution in [3.8, 4) is 0 Å². The van der Waals surface area contributed by atoms with Crippen molar-refractivity contribution in [2.75, 3.05) is 6.54 Å². The maximum absolute atomic E-state index is 12.3. The zero-order valence-corrected chi connectivity index (χ0v) is 11.8. The molecule has 2 heterocycles. The van der Waals surface area contributed by atoms with Crippen LogP contribution in [0, 0.1) is 0 Å². The minimum absolute atomic E-state index is 0.0852. The first kappa shape index (κ1) is 13.6. The van der Waals surface area contributed by atoms with Gasteiger partial charge in [0, 0.05) is 18.9 Å². The zero-order valence-electron chi connectivity index (χ0n) is 11.8. The van der Waals surface area contributed by atoms with Crippen LogP contribution in [0.15, 0.2) is 54.9 Å². The Hall–Kier alpha value is -2.36. The van der Waals surface area contributed by atoms with Crippen molar-refractivity contribution in [1.82, 2.24) is 9.88 Å². The maximum Gasteiger partial charge on any atom is 0.410 e. The van der Waals surface area contributed by atoms with Crippen LogP contribution in [0.2, 0.25) is 0 Å². The zero-order chi connectivity index (χ0) is 14.5. The van der Waals surface area contributed by atoms with Gasteiger partial charge in [-0.25, -0.2) is 4.79 Å². The Morgan fingerprint density at radius 1 is 1.24 bits per heavy atom. The summed E-state index contributed by atoms with van der Waals surface area (Å²) in [6.07, 6.45) is 5.29. The number of aromatic nitrogens is 1. The van der Waals surface area contributed by atoms with Gasteiger partial charge in [0.05, 0.1) is 6.04 Å². The average Bonchev–Trinajstić information content (AvgIpc) is 3.04. The number of hydrogen-bond donors (Lipinski definition) is 0. The van der Waals surface area contributed by atoms with Crippen LogP contribution in [0.3, 0.4) is 0 Å². The summed E-state index contributed by atoms with van der Waals surface area (Å²) in [5.74, 6) is 0. The molecule has 0 unspecified atom stereocenters. The molecule has 0 bridgehead atoms. The van der Waals surface area contributed by atoms with Crippen LogP contribution < -0.4 is 0 Å². The standard InChI is InChI=1S/C17H18N2O2/c20-17(21-13-14-6-2-1-3-7-14)19-11-5-9-16(19)15-8-4-10-18-12-15/h1-4,6-8,10,12,16H,5,9,11,13H2/t16-/m1/s1. The molecule has 1 saturated heterocycles. The van der Waals surface area contributed by atoms with E-state index in [1.165, 1.54) is 0 Å². The van der Waals surface area contributed by atoms with Gasteiger partial charge in [-0.2, -0.15) is 0 Å². The molecule has 0 spiro atoms.